The maximum absolute atomic E-state index is 11.7. The van der Waals surface area contributed by atoms with Gasteiger partial charge >= 0.3 is 11.7 Å². The molecule has 2 aromatic rings. The number of nitrogens with zero attached hydrogens (tertiary/aromatic N) is 2. The molecule has 1 aliphatic carbocycles. The van der Waals surface area contributed by atoms with E-state index in [1.54, 1.807) is 0 Å². The number of hydrogen-bond acceptors (Lipinski definition) is 5. The zero-order valence-electron chi connectivity index (χ0n) is 10.7. The molecule has 0 atom stereocenters. The molecule has 110 valence electrons. The van der Waals surface area contributed by atoms with E-state index in [1.165, 1.54) is 16.7 Å². The number of nitrogens with one attached hydrogen (secondary N) is 1. The highest BCUT2D eigenvalue weighted by Gasteiger charge is 2.29. The first-order valence-corrected chi connectivity index (χ1v) is 7.34. The molecule has 0 bridgehead atoms. The molecule has 0 aliphatic heterocycles. The highest BCUT2D eigenvalue weighted by Crippen LogP contribution is 2.40. The van der Waals surface area contributed by atoms with Crippen LogP contribution in [0.5, 0.6) is 0 Å². The molecular weight excluding hydrogens is 316 g/mol. The van der Waals surface area contributed by atoms with Crippen LogP contribution in [0.15, 0.2) is 27.0 Å². The molecule has 4 N–H and O–H groups in total. The summed E-state index contributed by atoms with van der Waals surface area (Å²) < 4.78 is 1.53. The van der Waals surface area contributed by atoms with Gasteiger partial charge in [-0.2, -0.15) is 0 Å². The summed E-state index contributed by atoms with van der Waals surface area (Å²) >= 11 is 7.14. The van der Waals surface area contributed by atoms with Gasteiger partial charge in [-0.25, -0.2) is 14.7 Å². The molecule has 0 unspecified atom stereocenters. The van der Waals surface area contributed by atoms with E-state index in [1.807, 2.05) is 0 Å². The standard InChI is InChI=1S/C12H11ClN4O3S/c13-8-4-5(14)3-7(10(18)19)9(8)21-12-16-15-11(20)17(12)6-1-2-6/h3-4,6H,1-2,14H2,(H,15,20)(H,18,19). The minimum absolute atomic E-state index is 0.0113. The fourth-order valence-corrected chi connectivity index (χ4v) is 3.35. The largest absolute Gasteiger partial charge is 0.478 e. The molecule has 1 heterocycles. The van der Waals surface area contributed by atoms with Gasteiger partial charge in [0.1, 0.15) is 0 Å². The second-order valence-corrected chi connectivity index (χ2v) is 6.08. The van der Waals surface area contributed by atoms with Gasteiger partial charge in [-0.15, -0.1) is 5.10 Å². The molecule has 0 saturated heterocycles. The van der Waals surface area contributed by atoms with Crippen LogP contribution in [0.1, 0.15) is 29.2 Å². The van der Waals surface area contributed by atoms with Gasteiger partial charge in [0.2, 0.25) is 0 Å². The number of H-pyrrole nitrogens is 1. The third-order valence-corrected chi connectivity index (χ3v) is 4.60. The lowest BCUT2D eigenvalue weighted by Gasteiger charge is -2.09. The van der Waals surface area contributed by atoms with Crippen LogP contribution in [0, 0.1) is 0 Å². The number of nitrogen functional groups attached to an aromatic ring is 1. The summed E-state index contributed by atoms with van der Waals surface area (Å²) in [5, 5.41) is 16.2. The van der Waals surface area contributed by atoms with Crippen molar-refractivity contribution in [2.24, 2.45) is 0 Å². The quantitative estimate of drug-likeness (QED) is 0.740. The SMILES string of the molecule is Nc1cc(Cl)c(Sc2n[nH]c(=O)n2C2CC2)c(C(=O)O)c1. The molecule has 1 aromatic carbocycles. The van der Waals surface area contributed by atoms with Crippen molar-refractivity contribution in [2.45, 2.75) is 28.9 Å². The molecule has 9 heteroatoms. The van der Waals surface area contributed by atoms with E-state index in [2.05, 4.69) is 10.2 Å². The fourth-order valence-electron chi connectivity index (χ4n) is 1.99. The first-order valence-electron chi connectivity index (χ1n) is 6.14. The van der Waals surface area contributed by atoms with Crippen LogP contribution in [0.25, 0.3) is 0 Å². The van der Waals surface area contributed by atoms with E-state index < -0.39 is 5.97 Å². The molecule has 1 aliphatic rings. The number of carbonyl (C=O) groups is 1. The van der Waals surface area contributed by atoms with Gasteiger partial charge in [-0.1, -0.05) is 11.6 Å². The van der Waals surface area contributed by atoms with Crippen molar-refractivity contribution in [3.8, 4) is 0 Å². The van der Waals surface area contributed by atoms with Crippen molar-refractivity contribution in [3.63, 3.8) is 0 Å². The Morgan fingerprint density at radius 2 is 2.24 bits per heavy atom. The Morgan fingerprint density at radius 3 is 2.86 bits per heavy atom. The summed E-state index contributed by atoms with van der Waals surface area (Å²) in [4.78, 5) is 23.4. The summed E-state index contributed by atoms with van der Waals surface area (Å²) in [7, 11) is 0. The van der Waals surface area contributed by atoms with Crippen LogP contribution in [0.4, 0.5) is 5.69 Å². The number of aromatic nitrogens is 3. The zero-order valence-corrected chi connectivity index (χ0v) is 12.2. The Morgan fingerprint density at radius 1 is 1.52 bits per heavy atom. The molecule has 1 saturated carbocycles. The zero-order chi connectivity index (χ0) is 15.1. The topological polar surface area (TPSA) is 114 Å². The minimum Gasteiger partial charge on any atom is -0.478 e. The van der Waals surface area contributed by atoms with Gasteiger partial charge in [0.05, 0.1) is 10.6 Å². The van der Waals surface area contributed by atoms with Gasteiger partial charge in [-0.3, -0.25) is 4.57 Å². The monoisotopic (exact) mass is 326 g/mol. The first-order chi connectivity index (χ1) is 9.97. The summed E-state index contributed by atoms with van der Waals surface area (Å²) in [5.41, 5.74) is 5.57. The molecule has 0 amide bonds. The number of hydrogen-bond donors (Lipinski definition) is 3. The average molecular weight is 327 g/mol. The maximum atomic E-state index is 11.7. The van der Waals surface area contributed by atoms with Crippen LogP contribution in [-0.2, 0) is 0 Å². The Kier molecular flexibility index (Phi) is 3.42. The Hall–Kier alpha value is -1.93. The van der Waals surface area contributed by atoms with Gasteiger partial charge in [0, 0.05) is 16.6 Å². The lowest BCUT2D eigenvalue weighted by Crippen LogP contribution is -2.16. The van der Waals surface area contributed by atoms with Crippen molar-refractivity contribution in [3.05, 3.63) is 33.2 Å². The van der Waals surface area contributed by atoms with Crippen LogP contribution in [0.2, 0.25) is 5.02 Å². The summed E-state index contributed by atoms with van der Waals surface area (Å²) in [6, 6.07) is 2.94. The van der Waals surface area contributed by atoms with Crippen LogP contribution < -0.4 is 11.4 Å². The maximum Gasteiger partial charge on any atom is 0.344 e. The summed E-state index contributed by atoms with van der Waals surface area (Å²) in [6.07, 6.45) is 1.82. The lowest BCUT2D eigenvalue weighted by atomic mass is 10.2. The summed E-state index contributed by atoms with van der Waals surface area (Å²) in [5.74, 6) is -1.14. The van der Waals surface area contributed by atoms with Crippen LogP contribution >= 0.6 is 23.4 Å². The minimum atomic E-state index is -1.14. The number of carboxylic acids is 1. The van der Waals surface area contributed by atoms with Crippen molar-refractivity contribution >= 4 is 35.0 Å². The van der Waals surface area contributed by atoms with Gasteiger partial charge < -0.3 is 10.8 Å². The number of carboxylic acid groups (broad SMARTS) is 1. The van der Waals surface area contributed by atoms with Crippen molar-refractivity contribution in [1.82, 2.24) is 14.8 Å². The predicted molar refractivity (Wildman–Crippen MR) is 78.1 cm³/mol. The lowest BCUT2D eigenvalue weighted by molar-refractivity contribution is 0.0693. The number of halogens is 1. The molecule has 21 heavy (non-hydrogen) atoms. The van der Waals surface area contributed by atoms with Gasteiger partial charge in [-0.05, 0) is 36.7 Å². The smallest absolute Gasteiger partial charge is 0.344 e. The van der Waals surface area contributed by atoms with Crippen LogP contribution in [-0.4, -0.2) is 25.8 Å². The molecule has 1 fully saturated rings. The second-order valence-electron chi connectivity index (χ2n) is 4.70. The van der Waals surface area contributed by atoms with E-state index in [4.69, 9.17) is 17.3 Å². The van der Waals surface area contributed by atoms with Crippen molar-refractivity contribution in [1.29, 1.82) is 0 Å². The van der Waals surface area contributed by atoms with E-state index in [0.29, 0.717) is 10.1 Å². The Bertz CT molecular complexity index is 781. The number of benzene rings is 1. The molecular formula is C12H11ClN4O3S. The highest BCUT2D eigenvalue weighted by atomic mass is 35.5. The average Bonchev–Trinajstić information content (AvgIpc) is 3.17. The third kappa shape index (κ3) is 2.64. The van der Waals surface area contributed by atoms with Crippen LogP contribution in [0.3, 0.4) is 0 Å². The summed E-state index contributed by atoms with van der Waals surface area (Å²) in [6.45, 7) is 0. The van der Waals surface area contributed by atoms with E-state index in [9.17, 15) is 14.7 Å². The number of aromatic carboxylic acids is 1. The molecule has 3 rings (SSSR count). The third-order valence-electron chi connectivity index (χ3n) is 3.07. The van der Waals surface area contributed by atoms with Crippen molar-refractivity contribution < 1.29 is 9.90 Å². The number of rotatable bonds is 4. The fraction of sp³-hybridized carbons (Fsp3) is 0.250. The second kappa shape index (κ2) is 5.12. The van der Waals surface area contributed by atoms with Crippen molar-refractivity contribution in [2.75, 3.05) is 5.73 Å². The number of anilines is 1. The van der Waals surface area contributed by atoms with E-state index in [-0.39, 0.29) is 28.0 Å². The van der Waals surface area contributed by atoms with Gasteiger partial charge in [0.25, 0.3) is 0 Å². The van der Waals surface area contributed by atoms with E-state index in [0.717, 1.165) is 24.6 Å². The predicted octanol–water partition coefficient (Wildman–Crippen LogP) is 1.99. The molecule has 7 nitrogen and oxygen atoms in total. The van der Waals surface area contributed by atoms with E-state index >= 15 is 0 Å². The Balaban J connectivity index is 2.06. The first kappa shape index (κ1) is 14.0. The number of aromatic amines is 1. The number of nitrogens with two attached hydrogens (primary N) is 1. The Labute approximate surface area is 128 Å². The molecule has 0 spiro atoms. The normalized spacial score (nSPS) is 14.3. The van der Waals surface area contributed by atoms with Gasteiger partial charge in [0.15, 0.2) is 5.16 Å². The molecule has 0 radical (unpaired) electrons. The molecule has 1 aromatic heterocycles. The highest BCUT2D eigenvalue weighted by molar-refractivity contribution is 7.99.